The highest BCUT2D eigenvalue weighted by molar-refractivity contribution is 14.1. The standard InChI is InChI=1S/C17H15Br2I2NO2/c1-24-17-12(20)4-8(5-13(17)21)6-14-10-7-11(18)16(23)15(19)9(10)2-3-22-14/h4-5,7,14,22-23H,2-3,6H2,1H3. The van der Waals surface area contributed by atoms with E-state index in [-0.39, 0.29) is 11.8 Å². The van der Waals surface area contributed by atoms with Crippen LogP contribution in [-0.4, -0.2) is 18.8 Å². The van der Waals surface area contributed by atoms with Crippen molar-refractivity contribution >= 4 is 77.0 Å². The summed E-state index contributed by atoms with van der Waals surface area (Å²) in [4.78, 5) is 0. The van der Waals surface area contributed by atoms with Gasteiger partial charge in [0, 0.05) is 6.04 Å². The molecule has 0 radical (unpaired) electrons. The maximum absolute atomic E-state index is 10.1. The van der Waals surface area contributed by atoms with E-state index >= 15 is 0 Å². The Bertz CT molecular complexity index is 776. The third kappa shape index (κ3) is 3.74. The Morgan fingerprint density at radius 1 is 1.25 bits per heavy atom. The molecule has 0 aliphatic carbocycles. The zero-order chi connectivity index (χ0) is 17.4. The zero-order valence-corrected chi connectivity index (χ0v) is 20.3. The maximum Gasteiger partial charge on any atom is 0.145 e. The fourth-order valence-corrected chi connectivity index (χ4v) is 6.75. The van der Waals surface area contributed by atoms with Crippen LogP contribution in [0.5, 0.6) is 11.5 Å². The van der Waals surface area contributed by atoms with Crippen LogP contribution >= 0.6 is 77.0 Å². The van der Waals surface area contributed by atoms with E-state index in [9.17, 15) is 5.11 Å². The maximum atomic E-state index is 10.1. The fourth-order valence-electron chi connectivity index (χ4n) is 3.06. The number of rotatable bonds is 3. The molecule has 0 amide bonds. The highest BCUT2D eigenvalue weighted by Crippen LogP contribution is 2.41. The van der Waals surface area contributed by atoms with Gasteiger partial charge in [0.05, 0.1) is 23.2 Å². The molecule has 3 nitrogen and oxygen atoms in total. The molecular formula is C17H15Br2I2NO2. The van der Waals surface area contributed by atoms with Crippen LogP contribution in [0, 0.1) is 7.14 Å². The molecule has 0 fully saturated rings. The summed E-state index contributed by atoms with van der Waals surface area (Å²) in [6.07, 6.45) is 1.80. The van der Waals surface area contributed by atoms with Gasteiger partial charge in [-0.15, -0.1) is 0 Å². The van der Waals surface area contributed by atoms with E-state index in [0.717, 1.165) is 41.2 Å². The average Bonchev–Trinajstić information content (AvgIpc) is 2.53. The first-order valence-electron chi connectivity index (χ1n) is 7.37. The predicted molar refractivity (Wildman–Crippen MR) is 120 cm³/mol. The highest BCUT2D eigenvalue weighted by atomic mass is 127. The van der Waals surface area contributed by atoms with E-state index in [2.05, 4.69) is 94.5 Å². The van der Waals surface area contributed by atoms with Crippen LogP contribution in [0.1, 0.15) is 22.7 Å². The molecule has 7 heteroatoms. The first kappa shape index (κ1) is 19.2. The molecular weight excluding hydrogens is 664 g/mol. The third-order valence-corrected chi connectivity index (χ3v) is 7.23. The smallest absolute Gasteiger partial charge is 0.145 e. The molecule has 0 aromatic heterocycles. The first-order valence-corrected chi connectivity index (χ1v) is 11.1. The van der Waals surface area contributed by atoms with Crippen molar-refractivity contribution in [2.45, 2.75) is 18.9 Å². The Balaban J connectivity index is 1.97. The number of ether oxygens (including phenoxy) is 1. The van der Waals surface area contributed by atoms with E-state index in [4.69, 9.17) is 4.74 Å². The summed E-state index contributed by atoms with van der Waals surface area (Å²) >= 11 is 11.6. The van der Waals surface area contributed by atoms with Gasteiger partial charge in [0.2, 0.25) is 0 Å². The largest absolute Gasteiger partial charge is 0.506 e. The molecule has 0 bridgehead atoms. The van der Waals surface area contributed by atoms with Crippen molar-refractivity contribution in [3.63, 3.8) is 0 Å². The quantitative estimate of drug-likeness (QED) is 0.418. The number of hydrogen-bond acceptors (Lipinski definition) is 3. The number of phenols is 1. The van der Waals surface area contributed by atoms with Crippen LogP contribution in [0.2, 0.25) is 0 Å². The third-order valence-electron chi connectivity index (χ3n) is 4.17. The van der Waals surface area contributed by atoms with E-state index in [1.54, 1.807) is 7.11 Å². The Kier molecular flexibility index (Phi) is 6.38. The predicted octanol–water partition coefficient (Wildman–Crippen LogP) is 5.56. The number of aromatic hydroxyl groups is 1. The first-order chi connectivity index (χ1) is 11.4. The molecule has 24 heavy (non-hydrogen) atoms. The van der Waals surface area contributed by atoms with Crippen molar-refractivity contribution in [2.75, 3.05) is 13.7 Å². The van der Waals surface area contributed by atoms with Crippen molar-refractivity contribution < 1.29 is 9.84 Å². The molecule has 2 N–H and O–H groups in total. The number of benzene rings is 2. The lowest BCUT2D eigenvalue weighted by Gasteiger charge is -2.29. The van der Waals surface area contributed by atoms with Crippen LogP contribution < -0.4 is 10.1 Å². The van der Waals surface area contributed by atoms with Gasteiger partial charge in [-0.1, -0.05) is 0 Å². The van der Waals surface area contributed by atoms with Crippen LogP contribution in [0.4, 0.5) is 0 Å². The van der Waals surface area contributed by atoms with E-state index in [0.29, 0.717) is 0 Å². The number of phenolic OH excluding ortho intramolecular Hbond substituents is 1. The molecule has 0 spiro atoms. The summed E-state index contributed by atoms with van der Waals surface area (Å²) in [5.74, 6) is 1.22. The van der Waals surface area contributed by atoms with Crippen molar-refractivity contribution in [1.29, 1.82) is 0 Å². The lowest BCUT2D eigenvalue weighted by Crippen LogP contribution is -2.31. The van der Waals surface area contributed by atoms with Crippen molar-refractivity contribution in [2.24, 2.45) is 0 Å². The van der Waals surface area contributed by atoms with Gasteiger partial charge in [-0.05, 0) is 131 Å². The van der Waals surface area contributed by atoms with Gasteiger partial charge in [0.15, 0.2) is 0 Å². The van der Waals surface area contributed by atoms with Gasteiger partial charge in [-0.25, -0.2) is 0 Å². The van der Waals surface area contributed by atoms with Crippen molar-refractivity contribution in [3.8, 4) is 11.5 Å². The Labute approximate surface area is 185 Å². The molecule has 1 unspecified atom stereocenters. The molecule has 1 aliphatic heterocycles. The van der Waals surface area contributed by atoms with Gasteiger partial charge >= 0.3 is 0 Å². The van der Waals surface area contributed by atoms with Crippen LogP contribution in [0.25, 0.3) is 0 Å². The van der Waals surface area contributed by atoms with E-state index < -0.39 is 0 Å². The Hall–Kier alpha value is 0.420. The van der Waals surface area contributed by atoms with Gasteiger partial charge in [-0.3, -0.25) is 0 Å². The van der Waals surface area contributed by atoms with Crippen LogP contribution in [0.3, 0.4) is 0 Å². The lowest BCUT2D eigenvalue weighted by atomic mass is 9.90. The number of halogens is 4. The summed E-state index contributed by atoms with van der Waals surface area (Å²) in [7, 11) is 1.71. The SMILES string of the molecule is COc1c(I)cc(CC2NCCc3c2cc(Br)c(O)c3Br)cc1I. The molecule has 1 heterocycles. The molecule has 3 rings (SSSR count). The monoisotopic (exact) mass is 677 g/mol. The molecule has 0 saturated heterocycles. The minimum absolute atomic E-state index is 0.224. The van der Waals surface area contributed by atoms with E-state index in [1.165, 1.54) is 16.7 Å². The molecule has 1 atom stereocenters. The number of fused-ring (bicyclic) bond motifs is 1. The molecule has 2 aromatic carbocycles. The summed E-state index contributed by atoms with van der Waals surface area (Å²) in [6, 6.07) is 6.62. The summed E-state index contributed by atoms with van der Waals surface area (Å²) in [5.41, 5.74) is 3.70. The Morgan fingerprint density at radius 3 is 2.54 bits per heavy atom. The van der Waals surface area contributed by atoms with Crippen LogP contribution in [-0.2, 0) is 12.8 Å². The van der Waals surface area contributed by atoms with E-state index in [1.807, 2.05) is 6.07 Å². The van der Waals surface area contributed by atoms with Gasteiger partial charge < -0.3 is 15.2 Å². The second kappa shape index (κ2) is 7.98. The minimum Gasteiger partial charge on any atom is -0.506 e. The summed E-state index contributed by atoms with van der Waals surface area (Å²) < 4.78 is 9.23. The highest BCUT2D eigenvalue weighted by Gasteiger charge is 2.25. The second-order valence-electron chi connectivity index (χ2n) is 5.64. The Morgan fingerprint density at radius 2 is 1.92 bits per heavy atom. The van der Waals surface area contributed by atoms with Gasteiger partial charge in [0.25, 0.3) is 0 Å². The second-order valence-corrected chi connectivity index (χ2v) is 9.61. The molecule has 128 valence electrons. The van der Waals surface area contributed by atoms with Gasteiger partial charge in [-0.2, -0.15) is 0 Å². The number of hydrogen-bond donors (Lipinski definition) is 2. The zero-order valence-electron chi connectivity index (χ0n) is 12.8. The fraction of sp³-hybridized carbons (Fsp3) is 0.294. The summed E-state index contributed by atoms with van der Waals surface area (Å²) in [6.45, 7) is 0.904. The topological polar surface area (TPSA) is 41.5 Å². The molecule has 2 aromatic rings. The minimum atomic E-state index is 0.224. The van der Waals surface area contributed by atoms with Crippen molar-refractivity contribution in [3.05, 3.63) is 51.0 Å². The lowest BCUT2D eigenvalue weighted by molar-refractivity contribution is 0.408. The van der Waals surface area contributed by atoms with Crippen molar-refractivity contribution in [1.82, 2.24) is 5.32 Å². The number of methoxy groups -OCH3 is 1. The normalized spacial score (nSPS) is 16.8. The summed E-state index contributed by atoms with van der Waals surface area (Å²) in [5, 5.41) is 13.7. The molecule has 0 saturated carbocycles. The molecule has 1 aliphatic rings. The van der Waals surface area contributed by atoms with Crippen LogP contribution in [0.15, 0.2) is 27.1 Å². The van der Waals surface area contributed by atoms with Gasteiger partial charge in [0.1, 0.15) is 11.5 Å². The number of nitrogens with one attached hydrogen (secondary N) is 1. The average molecular weight is 679 g/mol.